The Morgan fingerprint density at radius 1 is 1.62 bits per heavy atom. The molecular formula is C9H13N3O3S. The molecule has 88 valence electrons. The first-order valence-corrected chi connectivity index (χ1v) is 5.56. The van der Waals surface area contributed by atoms with Crippen LogP contribution in [0.5, 0.6) is 0 Å². The van der Waals surface area contributed by atoms with Crippen molar-refractivity contribution in [1.82, 2.24) is 10.3 Å². The number of carbonyl (C=O) groups excluding carboxylic acids is 2. The van der Waals surface area contributed by atoms with E-state index in [0.717, 1.165) is 0 Å². The van der Waals surface area contributed by atoms with E-state index in [1.165, 1.54) is 18.3 Å². The van der Waals surface area contributed by atoms with Gasteiger partial charge in [0.2, 0.25) is 5.91 Å². The molecule has 6 nitrogen and oxygen atoms in total. The van der Waals surface area contributed by atoms with E-state index in [0.29, 0.717) is 5.13 Å². The number of hydrogen-bond acceptors (Lipinski definition) is 5. The van der Waals surface area contributed by atoms with Gasteiger partial charge in [0, 0.05) is 18.8 Å². The van der Waals surface area contributed by atoms with Crippen LogP contribution in [0.15, 0.2) is 5.38 Å². The Kier molecular flexibility index (Phi) is 4.39. The van der Waals surface area contributed by atoms with Crippen molar-refractivity contribution in [2.24, 2.45) is 0 Å². The van der Waals surface area contributed by atoms with E-state index in [4.69, 9.17) is 5.11 Å². The minimum absolute atomic E-state index is 0.172. The molecular weight excluding hydrogens is 230 g/mol. The molecule has 1 atom stereocenters. The molecule has 0 spiro atoms. The van der Waals surface area contributed by atoms with Gasteiger partial charge in [0.15, 0.2) is 5.13 Å². The molecule has 1 rings (SSSR count). The van der Waals surface area contributed by atoms with E-state index >= 15 is 0 Å². The molecule has 0 aliphatic heterocycles. The summed E-state index contributed by atoms with van der Waals surface area (Å²) in [5, 5.41) is 15.9. The second-order valence-electron chi connectivity index (χ2n) is 3.28. The maximum atomic E-state index is 11.5. The molecule has 0 saturated heterocycles. The average Bonchev–Trinajstić information content (AvgIpc) is 2.61. The lowest BCUT2D eigenvalue weighted by Crippen LogP contribution is -2.30. The first-order chi connectivity index (χ1) is 7.49. The van der Waals surface area contributed by atoms with Crippen molar-refractivity contribution in [1.29, 1.82) is 0 Å². The van der Waals surface area contributed by atoms with Crippen LogP contribution in [0.2, 0.25) is 0 Å². The van der Waals surface area contributed by atoms with E-state index < -0.39 is 6.10 Å². The van der Waals surface area contributed by atoms with Crippen LogP contribution < -0.4 is 10.6 Å². The zero-order chi connectivity index (χ0) is 12.1. The third-order valence-electron chi connectivity index (χ3n) is 1.58. The van der Waals surface area contributed by atoms with Gasteiger partial charge in [0.05, 0.1) is 6.10 Å². The number of hydrogen-bond donors (Lipinski definition) is 3. The number of nitrogens with one attached hydrogen (secondary N) is 2. The first-order valence-electron chi connectivity index (χ1n) is 4.68. The minimum Gasteiger partial charge on any atom is -0.392 e. The molecule has 1 heterocycles. The molecule has 0 radical (unpaired) electrons. The topological polar surface area (TPSA) is 91.3 Å². The monoisotopic (exact) mass is 243 g/mol. The van der Waals surface area contributed by atoms with Crippen LogP contribution in [0.3, 0.4) is 0 Å². The Hall–Kier alpha value is -1.47. The van der Waals surface area contributed by atoms with Gasteiger partial charge in [-0.05, 0) is 6.92 Å². The number of carbonyl (C=O) groups is 2. The molecule has 7 heteroatoms. The van der Waals surface area contributed by atoms with Crippen molar-refractivity contribution in [3.05, 3.63) is 11.1 Å². The molecule has 1 aromatic heterocycles. The zero-order valence-electron chi connectivity index (χ0n) is 8.98. The van der Waals surface area contributed by atoms with Gasteiger partial charge in [-0.3, -0.25) is 9.59 Å². The third kappa shape index (κ3) is 3.95. The Labute approximate surface area is 96.7 Å². The van der Waals surface area contributed by atoms with Gasteiger partial charge in [0.1, 0.15) is 5.69 Å². The van der Waals surface area contributed by atoms with Crippen molar-refractivity contribution in [2.45, 2.75) is 20.0 Å². The highest BCUT2D eigenvalue weighted by Gasteiger charge is 2.11. The summed E-state index contributed by atoms with van der Waals surface area (Å²) in [6.45, 7) is 3.12. The van der Waals surface area contributed by atoms with Crippen LogP contribution >= 0.6 is 11.3 Å². The maximum absolute atomic E-state index is 11.5. The minimum atomic E-state index is -0.600. The van der Waals surface area contributed by atoms with Gasteiger partial charge in [-0.2, -0.15) is 0 Å². The Balaban J connectivity index is 2.56. The summed E-state index contributed by atoms with van der Waals surface area (Å²) in [6.07, 6.45) is -0.600. The van der Waals surface area contributed by atoms with Gasteiger partial charge < -0.3 is 15.7 Å². The fraction of sp³-hybridized carbons (Fsp3) is 0.444. The average molecular weight is 243 g/mol. The lowest BCUT2D eigenvalue weighted by molar-refractivity contribution is -0.114. The summed E-state index contributed by atoms with van der Waals surface area (Å²) in [4.78, 5) is 26.1. The predicted molar refractivity (Wildman–Crippen MR) is 60.4 cm³/mol. The smallest absolute Gasteiger partial charge is 0.270 e. The molecule has 0 aliphatic carbocycles. The summed E-state index contributed by atoms with van der Waals surface area (Å²) in [5.74, 6) is -0.598. The summed E-state index contributed by atoms with van der Waals surface area (Å²) >= 11 is 1.17. The van der Waals surface area contributed by atoms with Crippen molar-refractivity contribution >= 4 is 28.3 Å². The number of nitrogens with zero attached hydrogens (tertiary/aromatic N) is 1. The lowest BCUT2D eigenvalue weighted by atomic mass is 10.4. The summed E-state index contributed by atoms with van der Waals surface area (Å²) in [6, 6.07) is 0. The second-order valence-corrected chi connectivity index (χ2v) is 4.14. The molecule has 3 N–H and O–H groups in total. The Morgan fingerprint density at radius 2 is 2.31 bits per heavy atom. The van der Waals surface area contributed by atoms with E-state index in [1.807, 2.05) is 0 Å². The number of anilines is 1. The normalized spacial score (nSPS) is 11.9. The highest BCUT2D eigenvalue weighted by Crippen LogP contribution is 2.14. The van der Waals surface area contributed by atoms with E-state index in [2.05, 4.69) is 15.6 Å². The van der Waals surface area contributed by atoms with Gasteiger partial charge >= 0.3 is 0 Å². The van der Waals surface area contributed by atoms with Crippen LogP contribution in [-0.4, -0.2) is 34.6 Å². The van der Waals surface area contributed by atoms with E-state index in [1.54, 1.807) is 12.3 Å². The highest BCUT2D eigenvalue weighted by atomic mass is 32.1. The number of aliphatic hydroxyl groups excluding tert-OH is 1. The summed E-state index contributed by atoms with van der Waals surface area (Å²) in [7, 11) is 0. The molecule has 0 aliphatic rings. The van der Waals surface area contributed by atoms with E-state index in [9.17, 15) is 9.59 Å². The number of rotatable bonds is 4. The molecule has 2 amide bonds. The number of amides is 2. The highest BCUT2D eigenvalue weighted by molar-refractivity contribution is 7.14. The van der Waals surface area contributed by atoms with Crippen molar-refractivity contribution in [3.63, 3.8) is 0 Å². The van der Waals surface area contributed by atoms with Gasteiger partial charge in [0.25, 0.3) is 5.91 Å². The number of aromatic nitrogens is 1. The molecule has 0 aromatic carbocycles. The van der Waals surface area contributed by atoms with Gasteiger partial charge in [-0.1, -0.05) is 0 Å². The number of thiazole rings is 1. The van der Waals surface area contributed by atoms with Crippen molar-refractivity contribution in [3.8, 4) is 0 Å². The molecule has 0 unspecified atom stereocenters. The van der Waals surface area contributed by atoms with Crippen LogP contribution in [0, 0.1) is 0 Å². The molecule has 16 heavy (non-hydrogen) atoms. The fourth-order valence-corrected chi connectivity index (χ4v) is 1.65. The maximum Gasteiger partial charge on any atom is 0.270 e. The fourth-order valence-electron chi connectivity index (χ4n) is 0.917. The van der Waals surface area contributed by atoms with Crippen LogP contribution in [-0.2, 0) is 4.79 Å². The van der Waals surface area contributed by atoms with Gasteiger partial charge in [-0.15, -0.1) is 11.3 Å². The predicted octanol–water partition coefficient (Wildman–Crippen LogP) is 0.212. The molecule has 0 saturated carbocycles. The quantitative estimate of drug-likeness (QED) is 0.705. The lowest BCUT2D eigenvalue weighted by Gasteiger charge is -2.04. The van der Waals surface area contributed by atoms with Crippen molar-refractivity contribution < 1.29 is 14.7 Å². The summed E-state index contributed by atoms with van der Waals surface area (Å²) < 4.78 is 0. The third-order valence-corrected chi connectivity index (χ3v) is 2.34. The van der Waals surface area contributed by atoms with Crippen LogP contribution in [0.1, 0.15) is 24.3 Å². The second kappa shape index (κ2) is 5.57. The van der Waals surface area contributed by atoms with Crippen molar-refractivity contribution in [2.75, 3.05) is 11.9 Å². The molecule has 0 bridgehead atoms. The largest absolute Gasteiger partial charge is 0.392 e. The number of aliphatic hydroxyl groups is 1. The standard InChI is InChI=1S/C9H13N3O3S/c1-5(13)3-10-8(15)7-4-16-9(12-7)11-6(2)14/h4-5,13H,3H2,1-2H3,(H,10,15)(H,11,12,14)/t5-/m0/s1. The Morgan fingerprint density at radius 3 is 2.88 bits per heavy atom. The summed E-state index contributed by atoms with van der Waals surface area (Å²) in [5.41, 5.74) is 0.231. The SMILES string of the molecule is CC(=O)Nc1nc(C(=O)NC[C@H](C)O)cs1. The van der Waals surface area contributed by atoms with Crippen LogP contribution in [0.25, 0.3) is 0 Å². The van der Waals surface area contributed by atoms with E-state index in [-0.39, 0.29) is 24.1 Å². The molecule has 0 fully saturated rings. The van der Waals surface area contributed by atoms with Gasteiger partial charge in [-0.25, -0.2) is 4.98 Å². The molecule has 1 aromatic rings. The zero-order valence-corrected chi connectivity index (χ0v) is 9.80. The Bertz CT molecular complexity index is 389. The van der Waals surface area contributed by atoms with Crippen LogP contribution in [0.4, 0.5) is 5.13 Å². The first kappa shape index (κ1) is 12.6.